The van der Waals surface area contributed by atoms with Crippen molar-refractivity contribution in [2.75, 3.05) is 0 Å². The Morgan fingerprint density at radius 1 is 0.923 bits per heavy atom. The molecular weight excluding hydrogens is 324 g/mol. The van der Waals surface area contributed by atoms with Crippen LogP contribution in [0, 0.1) is 37.0 Å². The van der Waals surface area contributed by atoms with Crippen LogP contribution in [0.4, 0.5) is 0 Å². The van der Waals surface area contributed by atoms with Gasteiger partial charge >= 0.3 is 0 Å². The van der Waals surface area contributed by atoms with E-state index in [1.54, 1.807) is 0 Å². The summed E-state index contributed by atoms with van der Waals surface area (Å²) in [6.07, 6.45) is 8.64. The number of hydrazine groups is 1. The third kappa shape index (κ3) is 3.65. The van der Waals surface area contributed by atoms with Gasteiger partial charge in [0.2, 0.25) is 11.8 Å². The highest BCUT2D eigenvalue weighted by Gasteiger charge is 2.51. The molecule has 0 aromatic heterocycles. The Morgan fingerprint density at radius 2 is 1.50 bits per heavy atom. The molecule has 0 radical (unpaired) electrons. The normalized spacial score (nSPS) is 31.7. The van der Waals surface area contributed by atoms with Gasteiger partial charge in [0.1, 0.15) is 0 Å². The highest BCUT2D eigenvalue weighted by Crippen LogP contribution is 2.61. The Kier molecular flexibility index (Phi) is 4.54. The second-order valence-electron chi connectivity index (χ2n) is 9.29. The van der Waals surface area contributed by atoms with Gasteiger partial charge in [-0.25, -0.2) is 0 Å². The summed E-state index contributed by atoms with van der Waals surface area (Å²) in [5.41, 5.74) is 8.86. The average Bonchev–Trinajstić information content (AvgIpc) is 2.55. The van der Waals surface area contributed by atoms with E-state index in [2.05, 4.69) is 17.8 Å². The van der Waals surface area contributed by atoms with Gasteiger partial charge in [0, 0.05) is 6.42 Å². The molecule has 4 bridgehead atoms. The minimum absolute atomic E-state index is 0.0274. The van der Waals surface area contributed by atoms with Crippen LogP contribution in [-0.2, 0) is 16.0 Å². The SMILES string of the molecule is Cc1ccc(CC(=O)NNC(=O)CC23CC4CC(CC(C4)C2)C3)cc1C. The van der Waals surface area contributed by atoms with Crippen LogP contribution >= 0.6 is 0 Å². The lowest BCUT2D eigenvalue weighted by atomic mass is 9.49. The van der Waals surface area contributed by atoms with E-state index in [-0.39, 0.29) is 17.2 Å². The third-order valence-electron chi connectivity index (χ3n) is 6.98. The van der Waals surface area contributed by atoms with Gasteiger partial charge in [-0.15, -0.1) is 0 Å². The maximum atomic E-state index is 12.5. The summed E-state index contributed by atoms with van der Waals surface area (Å²) in [6, 6.07) is 6.04. The zero-order valence-electron chi connectivity index (χ0n) is 15.9. The van der Waals surface area contributed by atoms with E-state index in [4.69, 9.17) is 0 Å². The van der Waals surface area contributed by atoms with Crippen molar-refractivity contribution in [1.29, 1.82) is 0 Å². The first-order valence-corrected chi connectivity index (χ1v) is 10.0. The molecule has 1 aromatic carbocycles. The average molecular weight is 354 g/mol. The Morgan fingerprint density at radius 3 is 2.08 bits per heavy atom. The second-order valence-corrected chi connectivity index (χ2v) is 9.29. The summed E-state index contributed by atoms with van der Waals surface area (Å²) in [7, 11) is 0. The van der Waals surface area contributed by atoms with E-state index in [0.717, 1.165) is 23.3 Å². The van der Waals surface area contributed by atoms with Gasteiger partial charge in [-0.3, -0.25) is 20.4 Å². The molecule has 0 aliphatic heterocycles. The van der Waals surface area contributed by atoms with Gasteiger partial charge in [-0.1, -0.05) is 18.2 Å². The lowest BCUT2D eigenvalue weighted by Crippen LogP contribution is -2.50. The van der Waals surface area contributed by atoms with Crippen molar-refractivity contribution < 1.29 is 9.59 Å². The van der Waals surface area contributed by atoms with E-state index in [1.807, 2.05) is 25.1 Å². The molecule has 1 aromatic rings. The molecule has 140 valence electrons. The first kappa shape index (κ1) is 17.6. The molecule has 4 aliphatic carbocycles. The van der Waals surface area contributed by atoms with E-state index < -0.39 is 0 Å². The summed E-state index contributed by atoms with van der Waals surface area (Å²) >= 11 is 0. The number of aryl methyl sites for hydroxylation is 2. The maximum Gasteiger partial charge on any atom is 0.242 e. The largest absolute Gasteiger partial charge is 0.273 e. The van der Waals surface area contributed by atoms with Crippen molar-refractivity contribution in [2.45, 2.75) is 65.2 Å². The molecule has 26 heavy (non-hydrogen) atoms. The van der Waals surface area contributed by atoms with Gasteiger partial charge in [0.05, 0.1) is 6.42 Å². The van der Waals surface area contributed by atoms with Crippen LogP contribution in [0.5, 0.6) is 0 Å². The van der Waals surface area contributed by atoms with E-state index in [9.17, 15) is 9.59 Å². The van der Waals surface area contributed by atoms with E-state index in [1.165, 1.54) is 49.7 Å². The lowest BCUT2D eigenvalue weighted by Gasteiger charge is -2.56. The van der Waals surface area contributed by atoms with E-state index in [0.29, 0.717) is 12.8 Å². The standard InChI is InChI=1S/C22H30N2O2/c1-14-3-4-16(5-15(14)2)9-20(25)23-24-21(26)13-22-10-17-6-18(11-22)8-19(7-17)12-22/h3-5,17-19H,6-13H2,1-2H3,(H,23,25)(H,24,26). The zero-order valence-corrected chi connectivity index (χ0v) is 15.9. The maximum absolute atomic E-state index is 12.5. The summed E-state index contributed by atoms with van der Waals surface area (Å²) in [5.74, 6) is 2.34. The predicted octanol–water partition coefficient (Wildman–Crippen LogP) is 3.60. The van der Waals surface area contributed by atoms with Crippen LogP contribution in [0.2, 0.25) is 0 Å². The minimum Gasteiger partial charge on any atom is -0.273 e. The van der Waals surface area contributed by atoms with E-state index >= 15 is 0 Å². The highest BCUT2D eigenvalue weighted by atomic mass is 16.2. The molecular formula is C22H30N2O2. The predicted molar refractivity (Wildman–Crippen MR) is 101 cm³/mol. The molecule has 4 aliphatic rings. The van der Waals surface area contributed by atoms with Crippen LogP contribution < -0.4 is 10.9 Å². The minimum atomic E-state index is -0.160. The molecule has 5 rings (SSSR count). The molecule has 0 saturated heterocycles. The number of carbonyl (C=O) groups is 2. The molecule has 0 spiro atoms. The fourth-order valence-electron chi connectivity index (χ4n) is 6.17. The molecule has 2 amide bonds. The van der Waals surface area contributed by atoms with Gasteiger partial charge in [-0.05, 0) is 92.2 Å². The Hall–Kier alpha value is -1.84. The summed E-state index contributed by atoms with van der Waals surface area (Å²) in [5, 5.41) is 0. The number of carbonyl (C=O) groups excluding carboxylic acids is 2. The topological polar surface area (TPSA) is 58.2 Å². The smallest absolute Gasteiger partial charge is 0.242 e. The summed E-state index contributed by atoms with van der Waals surface area (Å²) in [4.78, 5) is 24.6. The molecule has 2 N–H and O–H groups in total. The number of benzene rings is 1. The van der Waals surface area contributed by atoms with Crippen molar-refractivity contribution in [3.63, 3.8) is 0 Å². The monoisotopic (exact) mass is 354 g/mol. The fraction of sp³-hybridized carbons (Fsp3) is 0.636. The van der Waals surface area contributed by atoms with Gasteiger partial charge in [-0.2, -0.15) is 0 Å². The summed E-state index contributed by atoms with van der Waals surface area (Å²) < 4.78 is 0. The first-order valence-electron chi connectivity index (χ1n) is 10.0. The fourth-order valence-corrected chi connectivity index (χ4v) is 6.17. The number of hydrogen-bond donors (Lipinski definition) is 2. The molecule has 4 saturated carbocycles. The Labute approximate surface area is 156 Å². The number of nitrogens with one attached hydrogen (secondary N) is 2. The second kappa shape index (κ2) is 6.71. The van der Waals surface area contributed by atoms with Gasteiger partial charge in [0.15, 0.2) is 0 Å². The summed E-state index contributed by atoms with van der Waals surface area (Å²) in [6.45, 7) is 4.11. The van der Waals surface area contributed by atoms with Crippen LogP contribution in [0.25, 0.3) is 0 Å². The van der Waals surface area contributed by atoms with Crippen LogP contribution in [0.15, 0.2) is 18.2 Å². The first-order chi connectivity index (χ1) is 12.4. The highest BCUT2D eigenvalue weighted by molar-refractivity contribution is 5.83. The Balaban J connectivity index is 1.27. The Bertz CT molecular complexity index is 690. The molecule has 4 heteroatoms. The van der Waals surface area contributed by atoms with Crippen molar-refractivity contribution in [1.82, 2.24) is 10.9 Å². The lowest BCUT2D eigenvalue weighted by molar-refractivity contribution is -0.134. The quantitative estimate of drug-likeness (QED) is 0.812. The molecule has 4 fully saturated rings. The number of hydrogen-bond acceptors (Lipinski definition) is 2. The van der Waals surface area contributed by atoms with Crippen molar-refractivity contribution in [2.24, 2.45) is 23.2 Å². The number of amides is 2. The van der Waals surface area contributed by atoms with Crippen molar-refractivity contribution in [3.05, 3.63) is 34.9 Å². The van der Waals surface area contributed by atoms with Crippen molar-refractivity contribution >= 4 is 11.8 Å². The molecule has 4 nitrogen and oxygen atoms in total. The third-order valence-corrected chi connectivity index (χ3v) is 6.98. The molecule has 0 heterocycles. The molecule has 0 atom stereocenters. The number of rotatable bonds is 4. The van der Waals surface area contributed by atoms with Crippen LogP contribution in [0.3, 0.4) is 0 Å². The zero-order chi connectivity index (χ0) is 18.3. The van der Waals surface area contributed by atoms with Crippen LogP contribution in [0.1, 0.15) is 61.6 Å². The van der Waals surface area contributed by atoms with Crippen LogP contribution in [-0.4, -0.2) is 11.8 Å². The van der Waals surface area contributed by atoms with Gasteiger partial charge in [0.25, 0.3) is 0 Å². The van der Waals surface area contributed by atoms with Gasteiger partial charge < -0.3 is 0 Å². The molecule has 0 unspecified atom stereocenters. The van der Waals surface area contributed by atoms with Crippen molar-refractivity contribution in [3.8, 4) is 0 Å².